The predicted octanol–water partition coefficient (Wildman–Crippen LogP) is 2.15. The molecule has 0 spiro atoms. The summed E-state index contributed by atoms with van der Waals surface area (Å²) in [5, 5.41) is 1.80. The molecule has 0 bridgehead atoms. The number of thiocarbonyl (C=S) groups is 1. The number of hydroxylamine groups is 2. The van der Waals surface area contributed by atoms with E-state index in [4.69, 9.17) is 17.1 Å². The van der Waals surface area contributed by atoms with E-state index in [1.54, 1.807) is 5.06 Å². The Hall–Kier alpha value is -0.930. The van der Waals surface area contributed by atoms with E-state index in [0.717, 1.165) is 24.6 Å². The van der Waals surface area contributed by atoms with E-state index in [-0.39, 0.29) is 0 Å². The van der Waals surface area contributed by atoms with Crippen molar-refractivity contribution in [1.29, 1.82) is 0 Å². The SMILES string of the molecule is S=C1CCON1Cc1ccccc1. The molecule has 68 valence electrons. The molecule has 13 heavy (non-hydrogen) atoms. The number of nitrogens with zero attached hydrogens (tertiary/aromatic N) is 1. The van der Waals surface area contributed by atoms with Gasteiger partial charge in [-0.2, -0.15) is 0 Å². The van der Waals surface area contributed by atoms with Gasteiger partial charge in [0.15, 0.2) is 0 Å². The summed E-state index contributed by atoms with van der Waals surface area (Å²) in [4.78, 5) is 6.27. The van der Waals surface area contributed by atoms with Crippen LogP contribution in [0.5, 0.6) is 0 Å². The van der Waals surface area contributed by atoms with Crippen molar-refractivity contribution in [2.45, 2.75) is 13.0 Å². The molecule has 0 aromatic heterocycles. The summed E-state index contributed by atoms with van der Waals surface area (Å²) < 4.78 is 0. The number of hydrogen-bond acceptors (Lipinski definition) is 2. The van der Waals surface area contributed by atoms with E-state index >= 15 is 0 Å². The fraction of sp³-hybridized carbons (Fsp3) is 0.300. The molecule has 0 radical (unpaired) electrons. The van der Waals surface area contributed by atoms with E-state index in [1.807, 2.05) is 18.2 Å². The lowest BCUT2D eigenvalue weighted by Crippen LogP contribution is -2.20. The summed E-state index contributed by atoms with van der Waals surface area (Å²) in [5.74, 6) is 0. The van der Waals surface area contributed by atoms with E-state index in [1.165, 1.54) is 5.56 Å². The molecule has 2 nitrogen and oxygen atoms in total. The first-order valence-electron chi connectivity index (χ1n) is 4.33. The minimum atomic E-state index is 0.728. The van der Waals surface area contributed by atoms with Crippen LogP contribution in [0.25, 0.3) is 0 Å². The van der Waals surface area contributed by atoms with Crippen molar-refractivity contribution in [2.75, 3.05) is 6.61 Å². The molecule has 0 N–H and O–H groups in total. The van der Waals surface area contributed by atoms with Crippen LogP contribution < -0.4 is 0 Å². The molecule has 1 aliphatic heterocycles. The van der Waals surface area contributed by atoms with Crippen molar-refractivity contribution in [3.05, 3.63) is 35.9 Å². The molecule has 1 aliphatic rings. The van der Waals surface area contributed by atoms with Crippen LogP contribution >= 0.6 is 12.2 Å². The number of rotatable bonds is 2. The van der Waals surface area contributed by atoms with Crippen molar-refractivity contribution in [2.24, 2.45) is 0 Å². The second-order valence-electron chi connectivity index (χ2n) is 3.00. The molecule has 1 saturated heterocycles. The average molecular weight is 193 g/mol. The molecule has 2 rings (SSSR count). The second-order valence-corrected chi connectivity index (χ2v) is 3.47. The maximum Gasteiger partial charge on any atom is 0.106 e. The first-order valence-corrected chi connectivity index (χ1v) is 4.74. The van der Waals surface area contributed by atoms with Crippen molar-refractivity contribution in [3.8, 4) is 0 Å². The van der Waals surface area contributed by atoms with Gasteiger partial charge in [0.05, 0.1) is 13.2 Å². The zero-order chi connectivity index (χ0) is 9.10. The summed E-state index contributed by atoms with van der Waals surface area (Å²) in [6.07, 6.45) is 0.877. The van der Waals surface area contributed by atoms with Crippen molar-refractivity contribution in [1.82, 2.24) is 5.06 Å². The summed E-state index contributed by atoms with van der Waals surface area (Å²) >= 11 is 5.14. The highest BCUT2D eigenvalue weighted by Gasteiger charge is 2.17. The lowest BCUT2D eigenvalue weighted by Gasteiger charge is -2.15. The molecule has 0 saturated carbocycles. The van der Waals surface area contributed by atoms with Crippen molar-refractivity contribution < 1.29 is 4.84 Å². The van der Waals surface area contributed by atoms with Crippen LogP contribution in [0.15, 0.2) is 30.3 Å². The Bertz CT molecular complexity index is 299. The van der Waals surface area contributed by atoms with Gasteiger partial charge in [-0.1, -0.05) is 42.5 Å². The molecule has 1 heterocycles. The van der Waals surface area contributed by atoms with Crippen molar-refractivity contribution >= 4 is 17.2 Å². The van der Waals surface area contributed by atoms with Crippen LogP contribution in [0.2, 0.25) is 0 Å². The van der Waals surface area contributed by atoms with E-state index < -0.39 is 0 Å². The standard InChI is InChI=1S/C10H11NOS/c13-10-6-7-12-11(10)8-9-4-2-1-3-5-9/h1-5H,6-8H2. The molecule has 0 atom stereocenters. The number of hydrogen-bond donors (Lipinski definition) is 0. The minimum Gasteiger partial charge on any atom is -0.272 e. The Morgan fingerprint density at radius 2 is 2.08 bits per heavy atom. The molecule has 1 aromatic rings. The summed E-state index contributed by atoms with van der Waals surface area (Å²) in [5.41, 5.74) is 1.23. The third-order valence-corrected chi connectivity index (χ3v) is 2.42. The Morgan fingerprint density at radius 1 is 1.31 bits per heavy atom. The predicted molar refractivity (Wildman–Crippen MR) is 55.2 cm³/mol. The van der Waals surface area contributed by atoms with Crippen LogP contribution in [0.4, 0.5) is 0 Å². The fourth-order valence-corrected chi connectivity index (χ4v) is 1.52. The Balaban J connectivity index is 2.02. The van der Waals surface area contributed by atoms with Gasteiger partial charge in [0.25, 0.3) is 0 Å². The highest BCUT2D eigenvalue weighted by atomic mass is 32.1. The largest absolute Gasteiger partial charge is 0.272 e. The normalized spacial score (nSPS) is 16.6. The van der Waals surface area contributed by atoms with E-state index in [0.29, 0.717) is 0 Å². The van der Waals surface area contributed by atoms with Crippen LogP contribution in [0.1, 0.15) is 12.0 Å². The fourth-order valence-electron chi connectivity index (χ4n) is 1.32. The Morgan fingerprint density at radius 3 is 2.69 bits per heavy atom. The zero-order valence-electron chi connectivity index (χ0n) is 7.27. The Kier molecular flexibility index (Phi) is 2.57. The average Bonchev–Trinajstić information content (AvgIpc) is 2.54. The maximum atomic E-state index is 5.36. The summed E-state index contributed by atoms with van der Waals surface area (Å²) in [6, 6.07) is 10.2. The monoisotopic (exact) mass is 193 g/mol. The molecular weight excluding hydrogens is 182 g/mol. The van der Waals surface area contributed by atoms with E-state index in [2.05, 4.69) is 12.1 Å². The molecule has 1 aromatic carbocycles. The van der Waals surface area contributed by atoms with Crippen molar-refractivity contribution in [3.63, 3.8) is 0 Å². The maximum absolute atomic E-state index is 5.36. The van der Waals surface area contributed by atoms with Crippen LogP contribution in [0.3, 0.4) is 0 Å². The molecular formula is C10H11NOS. The highest BCUT2D eigenvalue weighted by molar-refractivity contribution is 7.80. The van der Waals surface area contributed by atoms with Crippen LogP contribution in [-0.4, -0.2) is 16.7 Å². The molecule has 0 unspecified atom stereocenters. The third kappa shape index (κ3) is 2.05. The van der Waals surface area contributed by atoms with Gasteiger partial charge in [0.2, 0.25) is 0 Å². The first-order chi connectivity index (χ1) is 6.36. The number of benzene rings is 1. The van der Waals surface area contributed by atoms with Gasteiger partial charge < -0.3 is 0 Å². The lowest BCUT2D eigenvalue weighted by molar-refractivity contribution is -0.0746. The minimum absolute atomic E-state index is 0.728. The van der Waals surface area contributed by atoms with Gasteiger partial charge in [0.1, 0.15) is 4.99 Å². The molecule has 3 heteroatoms. The molecule has 0 aliphatic carbocycles. The zero-order valence-corrected chi connectivity index (χ0v) is 8.09. The van der Waals surface area contributed by atoms with Crippen LogP contribution in [-0.2, 0) is 11.4 Å². The van der Waals surface area contributed by atoms with Gasteiger partial charge in [-0.05, 0) is 5.56 Å². The van der Waals surface area contributed by atoms with Gasteiger partial charge in [-0.25, -0.2) is 5.06 Å². The molecule has 1 fully saturated rings. The Labute approximate surface area is 83.1 Å². The highest BCUT2D eigenvalue weighted by Crippen LogP contribution is 2.13. The summed E-state index contributed by atoms with van der Waals surface area (Å²) in [6.45, 7) is 1.49. The first kappa shape index (κ1) is 8.66. The van der Waals surface area contributed by atoms with Gasteiger partial charge in [0, 0.05) is 6.42 Å². The van der Waals surface area contributed by atoms with E-state index in [9.17, 15) is 0 Å². The molecule has 0 amide bonds. The van der Waals surface area contributed by atoms with Gasteiger partial charge >= 0.3 is 0 Å². The third-order valence-electron chi connectivity index (χ3n) is 2.01. The second kappa shape index (κ2) is 3.85. The smallest absolute Gasteiger partial charge is 0.106 e. The topological polar surface area (TPSA) is 12.5 Å². The summed E-state index contributed by atoms with van der Waals surface area (Å²) in [7, 11) is 0. The lowest BCUT2D eigenvalue weighted by atomic mass is 10.2. The van der Waals surface area contributed by atoms with Crippen LogP contribution in [0, 0.1) is 0 Å². The van der Waals surface area contributed by atoms with Gasteiger partial charge in [-0.3, -0.25) is 4.84 Å². The van der Waals surface area contributed by atoms with Gasteiger partial charge in [-0.15, -0.1) is 0 Å². The quantitative estimate of drug-likeness (QED) is 0.668.